The summed E-state index contributed by atoms with van der Waals surface area (Å²) in [7, 11) is -4.72. The van der Waals surface area contributed by atoms with Crippen LogP contribution in [-0.2, 0) is 37.5 Å². The van der Waals surface area contributed by atoms with E-state index in [2.05, 4.69) is 79.1 Å². The molecule has 1 unspecified atom stereocenters. The molecule has 0 rings (SSSR count). The third-order valence-electron chi connectivity index (χ3n) is 7.72. The third kappa shape index (κ3) is 34.3. The molecule has 0 saturated carbocycles. The van der Waals surface area contributed by atoms with Crippen molar-refractivity contribution in [3.63, 3.8) is 0 Å². The lowest BCUT2D eigenvalue weighted by atomic mass is 10.1. The van der Waals surface area contributed by atoms with Crippen molar-refractivity contribution >= 4 is 25.7 Å². The highest BCUT2D eigenvalue weighted by Crippen LogP contribution is 2.43. The number of allylic oxidation sites excluding steroid dienone is 10. The molecule has 0 aliphatic heterocycles. The third-order valence-corrected chi connectivity index (χ3v) is 8.67. The van der Waals surface area contributed by atoms with Crippen molar-refractivity contribution in [3.8, 4) is 0 Å². The van der Waals surface area contributed by atoms with Gasteiger partial charge in [0, 0.05) is 12.8 Å². The van der Waals surface area contributed by atoms with E-state index in [1.807, 2.05) is 0 Å². The lowest BCUT2D eigenvalue weighted by Crippen LogP contribution is -2.34. The normalized spacial score (nSPS) is 14.5. The minimum absolute atomic E-state index is 0.140. The highest BCUT2D eigenvalue weighted by atomic mass is 31.2. The summed E-state index contributed by atoms with van der Waals surface area (Å²) in [6.07, 6.45) is 38.7. The molecule has 0 aromatic carbocycles. The van der Waals surface area contributed by atoms with Gasteiger partial charge in [-0.25, -0.2) is 4.57 Å². The summed E-state index contributed by atoms with van der Waals surface area (Å²) in [6, 6.07) is -1.53. The minimum Gasteiger partial charge on any atom is -0.480 e. The number of unbranched alkanes of at least 4 members (excludes halogenated alkanes) is 11. The Balaban J connectivity index is 4.49. The van der Waals surface area contributed by atoms with Gasteiger partial charge in [0.05, 0.1) is 13.2 Å². The van der Waals surface area contributed by atoms with Gasteiger partial charge in [-0.1, -0.05) is 120 Å². The SMILES string of the molecule is CCC/C=C/C/C=C/C/C=C/C/C=C/CCCCCC(=O)OC[C@@H](COP(=O)(O)OC[C@@H](N)C(=O)O)OC(=O)CCCCCCC/C=C/CCCC. The summed E-state index contributed by atoms with van der Waals surface area (Å²) in [5.74, 6) is -2.44. The minimum atomic E-state index is -4.72. The number of phosphoric ester groups is 1. The van der Waals surface area contributed by atoms with Crippen molar-refractivity contribution in [2.24, 2.45) is 5.73 Å². The van der Waals surface area contributed by atoms with Gasteiger partial charge in [-0.05, 0) is 70.6 Å². The number of carbonyl (C=O) groups is 3. The number of carbonyl (C=O) groups excluding carboxylic acids is 2. The first kappa shape index (κ1) is 49.2. The summed E-state index contributed by atoms with van der Waals surface area (Å²) < 4.78 is 32.5. The van der Waals surface area contributed by atoms with Gasteiger partial charge in [-0.3, -0.25) is 23.4 Å². The Hall–Kier alpha value is -2.82. The highest BCUT2D eigenvalue weighted by molar-refractivity contribution is 7.47. The first-order valence-corrected chi connectivity index (χ1v) is 20.8. The van der Waals surface area contributed by atoms with Gasteiger partial charge in [-0.2, -0.15) is 0 Å². The monoisotopic (exact) mass is 753 g/mol. The largest absolute Gasteiger partial charge is 0.480 e. The van der Waals surface area contributed by atoms with Crippen LogP contribution in [-0.4, -0.2) is 59.9 Å². The Morgan fingerprint density at radius 1 is 0.596 bits per heavy atom. The van der Waals surface area contributed by atoms with Crippen molar-refractivity contribution in [2.75, 3.05) is 19.8 Å². The van der Waals surface area contributed by atoms with Crippen LogP contribution in [0.15, 0.2) is 60.8 Å². The molecule has 3 atom stereocenters. The van der Waals surface area contributed by atoms with Crippen molar-refractivity contribution in [1.82, 2.24) is 0 Å². The molecule has 0 spiro atoms. The van der Waals surface area contributed by atoms with Crippen molar-refractivity contribution in [1.29, 1.82) is 0 Å². The average Bonchev–Trinajstić information content (AvgIpc) is 3.12. The maximum Gasteiger partial charge on any atom is 0.472 e. The zero-order valence-electron chi connectivity index (χ0n) is 31.9. The van der Waals surface area contributed by atoms with E-state index in [1.54, 1.807) is 0 Å². The maximum absolute atomic E-state index is 12.5. The topological polar surface area (TPSA) is 172 Å². The fourth-order valence-corrected chi connectivity index (χ4v) is 5.40. The van der Waals surface area contributed by atoms with E-state index in [4.69, 9.17) is 24.8 Å². The molecule has 0 amide bonds. The predicted octanol–water partition coefficient (Wildman–Crippen LogP) is 9.61. The summed E-state index contributed by atoms with van der Waals surface area (Å²) in [4.78, 5) is 45.7. The Kier molecular flexibility index (Phi) is 33.3. The van der Waals surface area contributed by atoms with Crippen LogP contribution in [0.1, 0.15) is 142 Å². The Morgan fingerprint density at radius 2 is 1.06 bits per heavy atom. The van der Waals surface area contributed by atoms with Crippen LogP contribution in [0.4, 0.5) is 0 Å². The second kappa shape index (κ2) is 35.2. The molecule has 0 saturated heterocycles. The quantitative estimate of drug-likeness (QED) is 0.0244. The number of ether oxygens (including phenoxy) is 2. The number of hydrogen-bond acceptors (Lipinski definition) is 9. The number of nitrogens with two attached hydrogens (primary N) is 1. The number of carboxylic acids is 1. The van der Waals surface area contributed by atoms with Crippen molar-refractivity contribution < 1.29 is 47.5 Å². The van der Waals surface area contributed by atoms with E-state index < -0.39 is 51.1 Å². The van der Waals surface area contributed by atoms with E-state index >= 15 is 0 Å². The van der Waals surface area contributed by atoms with E-state index in [0.29, 0.717) is 12.8 Å². The van der Waals surface area contributed by atoms with Crippen LogP contribution >= 0.6 is 7.82 Å². The van der Waals surface area contributed by atoms with Crippen molar-refractivity contribution in [2.45, 2.75) is 154 Å². The maximum atomic E-state index is 12.5. The van der Waals surface area contributed by atoms with Crippen molar-refractivity contribution in [3.05, 3.63) is 60.8 Å². The number of rotatable bonds is 35. The molecule has 0 bridgehead atoms. The second-order valence-electron chi connectivity index (χ2n) is 12.7. The molecule has 0 aromatic rings. The van der Waals surface area contributed by atoms with E-state index in [1.165, 1.54) is 19.3 Å². The van der Waals surface area contributed by atoms with Crippen LogP contribution in [0.25, 0.3) is 0 Å². The Morgan fingerprint density at radius 3 is 1.63 bits per heavy atom. The molecule has 11 nitrogen and oxygen atoms in total. The van der Waals surface area contributed by atoms with Crippen LogP contribution in [0, 0.1) is 0 Å². The van der Waals surface area contributed by atoms with E-state index in [-0.39, 0.29) is 19.4 Å². The van der Waals surface area contributed by atoms with E-state index in [9.17, 15) is 23.8 Å². The first-order chi connectivity index (χ1) is 25.1. The smallest absolute Gasteiger partial charge is 0.472 e. The van der Waals surface area contributed by atoms with Crippen LogP contribution in [0.3, 0.4) is 0 Å². The van der Waals surface area contributed by atoms with Gasteiger partial charge in [0.15, 0.2) is 6.10 Å². The fourth-order valence-electron chi connectivity index (χ4n) is 4.62. The van der Waals surface area contributed by atoms with Crippen LogP contribution in [0.5, 0.6) is 0 Å². The van der Waals surface area contributed by atoms with Gasteiger partial charge in [0.2, 0.25) is 0 Å². The summed E-state index contributed by atoms with van der Waals surface area (Å²) in [5, 5.41) is 8.86. The molecule has 52 heavy (non-hydrogen) atoms. The van der Waals surface area contributed by atoms with Gasteiger partial charge in [0.25, 0.3) is 0 Å². The molecule has 0 fully saturated rings. The predicted molar refractivity (Wildman–Crippen MR) is 208 cm³/mol. The number of phosphoric acid groups is 1. The molecular weight excluding hydrogens is 685 g/mol. The standard InChI is InChI=1S/C40H68NO10P/c1-3-5-7-9-11-13-15-16-17-18-19-20-22-23-25-27-29-31-38(42)48-33-36(34-49-52(46,47)50-35-37(41)40(44)45)51-39(43)32-30-28-26-24-21-14-12-10-8-6-4-2/h7,9-10,12-13,15,17-18,20,22,36-37H,3-6,8,11,14,16,19,21,23-35,41H2,1-2H3,(H,44,45)(H,46,47)/b9-7+,12-10+,15-13+,18-17+,22-20+/t36-,37+/m0/s1. The lowest BCUT2D eigenvalue weighted by molar-refractivity contribution is -0.161. The second-order valence-corrected chi connectivity index (χ2v) is 14.2. The molecule has 12 heteroatoms. The summed E-state index contributed by atoms with van der Waals surface area (Å²) >= 11 is 0. The number of esters is 2. The van der Waals surface area contributed by atoms with E-state index in [0.717, 1.165) is 83.5 Å². The molecule has 0 aliphatic carbocycles. The molecule has 0 aliphatic rings. The Labute approximate surface area is 313 Å². The molecule has 0 heterocycles. The molecular formula is C40H68NO10P. The average molecular weight is 754 g/mol. The zero-order chi connectivity index (χ0) is 38.5. The molecule has 298 valence electrons. The zero-order valence-corrected chi connectivity index (χ0v) is 32.8. The number of carboxylic acid groups (broad SMARTS) is 1. The molecule has 0 radical (unpaired) electrons. The summed E-state index contributed by atoms with van der Waals surface area (Å²) in [6.45, 7) is 2.62. The van der Waals surface area contributed by atoms with Crippen LogP contribution in [0.2, 0.25) is 0 Å². The lowest BCUT2D eigenvalue weighted by Gasteiger charge is -2.20. The fraction of sp³-hybridized carbons (Fsp3) is 0.675. The first-order valence-electron chi connectivity index (χ1n) is 19.3. The number of hydrogen-bond donors (Lipinski definition) is 3. The van der Waals surface area contributed by atoms with Gasteiger partial charge in [0.1, 0.15) is 12.6 Å². The van der Waals surface area contributed by atoms with Gasteiger partial charge >= 0.3 is 25.7 Å². The van der Waals surface area contributed by atoms with Gasteiger partial charge < -0.3 is 25.2 Å². The molecule has 0 aromatic heterocycles. The van der Waals surface area contributed by atoms with Gasteiger partial charge in [-0.15, -0.1) is 0 Å². The van der Waals surface area contributed by atoms with Crippen LogP contribution < -0.4 is 5.73 Å². The Bertz CT molecular complexity index is 1120. The molecule has 4 N–H and O–H groups in total. The number of aliphatic carboxylic acids is 1. The summed E-state index contributed by atoms with van der Waals surface area (Å²) in [5.41, 5.74) is 5.31. The highest BCUT2D eigenvalue weighted by Gasteiger charge is 2.28.